The van der Waals surface area contributed by atoms with Gasteiger partial charge in [0.1, 0.15) is 11.5 Å². The molecule has 2 aromatic heterocycles. The molecule has 0 N–H and O–H groups in total. The van der Waals surface area contributed by atoms with Crippen LogP contribution in [0.4, 0.5) is 0 Å². The number of aryl methyl sites for hydroxylation is 4. The van der Waals surface area contributed by atoms with Gasteiger partial charge in [-0.15, -0.1) is 0 Å². The number of ether oxygens (including phenoxy) is 1. The van der Waals surface area contributed by atoms with Gasteiger partial charge in [0, 0.05) is 52.1 Å². The van der Waals surface area contributed by atoms with E-state index in [0.717, 1.165) is 72.8 Å². The Morgan fingerprint density at radius 2 is 0.630 bits per heavy atom. The molecule has 0 bridgehead atoms. The number of rotatable bonds is 44. The second kappa shape index (κ2) is 37.6. The number of nitrogens with zero attached hydrogens (tertiary/aromatic N) is 4. The second-order valence-corrected chi connectivity index (χ2v) is 35.1. The third-order valence-electron chi connectivity index (χ3n) is 16.4. The summed E-state index contributed by atoms with van der Waals surface area (Å²) in [6, 6.07) is 19.2. The molecule has 0 spiro atoms. The van der Waals surface area contributed by atoms with Gasteiger partial charge in [0.25, 0.3) is 0 Å². The van der Waals surface area contributed by atoms with Crippen molar-refractivity contribution in [1.29, 1.82) is 0 Å². The number of hydrogen-bond acceptors (Lipinski definition) is 5. The minimum absolute atomic E-state index is 0.806. The van der Waals surface area contributed by atoms with E-state index in [1.165, 1.54) is 226 Å². The maximum absolute atomic E-state index is 7.08. The van der Waals surface area contributed by atoms with Gasteiger partial charge in [-0.1, -0.05) is 245 Å². The fourth-order valence-corrected chi connectivity index (χ4v) is 13.4. The van der Waals surface area contributed by atoms with Crippen molar-refractivity contribution in [2.45, 2.75) is 296 Å². The van der Waals surface area contributed by atoms with Crippen LogP contribution in [0.15, 0.2) is 61.2 Å². The summed E-state index contributed by atoms with van der Waals surface area (Å²) in [5, 5.41) is 0. The molecule has 0 unspecified atom stereocenters. The number of unbranched alkanes of at least 4 members (excludes halogenated alkanes) is 26. The van der Waals surface area contributed by atoms with Crippen LogP contribution in [0.5, 0.6) is 11.5 Å². The summed E-state index contributed by atoms with van der Waals surface area (Å²) in [5.41, 5.74) is 7.15. The van der Waals surface area contributed by atoms with Crippen molar-refractivity contribution < 1.29 is 4.74 Å². The normalized spacial score (nSPS) is 12.0. The molecule has 73 heavy (non-hydrogen) atoms. The summed E-state index contributed by atoms with van der Waals surface area (Å²) in [4.78, 5) is 19.7. The molecule has 4 aromatic rings. The molecule has 0 radical (unpaired) electrons. The van der Waals surface area contributed by atoms with Crippen molar-refractivity contribution in [3.8, 4) is 34.3 Å². The molecule has 0 aliphatic carbocycles. The lowest BCUT2D eigenvalue weighted by molar-refractivity contribution is 0.466. The Balaban J connectivity index is 1.44. The molecule has 7 heteroatoms. The molecule has 0 aliphatic rings. The zero-order chi connectivity index (χ0) is 52.3. The lowest BCUT2D eigenvalue weighted by Gasteiger charge is -2.19. The quantitative estimate of drug-likeness (QED) is 0.0326. The van der Waals surface area contributed by atoms with Crippen LogP contribution in [0.25, 0.3) is 22.8 Å². The lowest BCUT2D eigenvalue weighted by atomic mass is 10.00. The Morgan fingerprint density at radius 3 is 0.945 bits per heavy atom. The molecule has 0 aliphatic heterocycles. The highest BCUT2D eigenvalue weighted by Gasteiger charge is 2.18. The first-order chi connectivity index (χ1) is 35.6. The van der Waals surface area contributed by atoms with E-state index >= 15 is 0 Å². The average Bonchev–Trinajstić information content (AvgIpc) is 3.40. The number of hydrogen-bond donors (Lipinski definition) is 0. The molecule has 408 valence electrons. The van der Waals surface area contributed by atoms with E-state index in [9.17, 15) is 0 Å². The lowest BCUT2D eigenvalue weighted by Crippen LogP contribution is -2.22. The smallest absolute Gasteiger partial charge is 0.159 e. The van der Waals surface area contributed by atoms with E-state index < -0.39 is 16.1 Å². The third kappa shape index (κ3) is 26.9. The van der Waals surface area contributed by atoms with Gasteiger partial charge in [0.2, 0.25) is 0 Å². The van der Waals surface area contributed by atoms with Gasteiger partial charge in [-0.3, -0.25) is 0 Å². The van der Waals surface area contributed by atoms with Crippen LogP contribution in [0.1, 0.15) is 243 Å². The highest BCUT2D eigenvalue weighted by Crippen LogP contribution is 2.35. The van der Waals surface area contributed by atoms with Crippen LogP contribution < -0.4 is 4.74 Å². The summed E-state index contributed by atoms with van der Waals surface area (Å²) in [5.74, 6) is 3.53. The molecule has 2 heterocycles. The van der Waals surface area contributed by atoms with E-state index in [1.807, 2.05) is 0 Å². The first-order valence-electron chi connectivity index (χ1n) is 31.1. The van der Waals surface area contributed by atoms with E-state index in [4.69, 9.17) is 24.7 Å². The van der Waals surface area contributed by atoms with Crippen molar-refractivity contribution in [2.24, 2.45) is 0 Å². The maximum Gasteiger partial charge on any atom is 0.159 e. The molecule has 2 aromatic carbocycles. The summed E-state index contributed by atoms with van der Waals surface area (Å²) in [6.07, 6.45) is 52.1. The zero-order valence-electron chi connectivity index (χ0n) is 48.8. The molecule has 0 amide bonds. The van der Waals surface area contributed by atoms with Crippen LogP contribution >= 0.6 is 0 Å². The zero-order valence-corrected chi connectivity index (χ0v) is 50.8. The van der Waals surface area contributed by atoms with E-state index in [2.05, 4.69) is 115 Å². The van der Waals surface area contributed by atoms with E-state index in [1.54, 1.807) is 0 Å². The predicted molar refractivity (Wildman–Crippen MR) is 325 cm³/mol. The van der Waals surface area contributed by atoms with Gasteiger partial charge < -0.3 is 4.74 Å². The largest absolute Gasteiger partial charge is 0.457 e. The highest BCUT2D eigenvalue weighted by atomic mass is 28.3. The van der Waals surface area contributed by atoms with Crippen LogP contribution in [0.2, 0.25) is 50.4 Å². The Labute approximate surface area is 452 Å². The van der Waals surface area contributed by atoms with Crippen molar-refractivity contribution in [2.75, 3.05) is 0 Å². The standard InChI is InChI=1S/C66H110N4OSi2/c1-9-13-15-17-29-35-41-57-53-67-65(68-54-57)61-45-47-63(59(51-61)43-37-31-25-21-19-23-27-33-39-49-72(5,6)11-3)71-64-48-46-62(66-69-55-58(56-70-66)42-36-30-18-16-14-10-2)52-60(64)44-38-32-26-22-20-24-28-34-40-50-73(7,8)12-4/h45-48,51-56H,9-44,49-50H2,1-8H3. The Hall–Kier alpha value is -3.17. The summed E-state index contributed by atoms with van der Waals surface area (Å²) in [6.45, 7) is 19.6. The van der Waals surface area contributed by atoms with Crippen molar-refractivity contribution in [3.63, 3.8) is 0 Å². The van der Waals surface area contributed by atoms with Crippen molar-refractivity contribution in [1.82, 2.24) is 19.9 Å². The molecular weight excluding hydrogens is 921 g/mol. The molecule has 0 saturated heterocycles. The van der Waals surface area contributed by atoms with Crippen LogP contribution in [0.3, 0.4) is 0 Å². The fraction of sp³-hybridized carbons (Fsp3) is 0.697. The molecule has 4 rings (SSSR count). The second-order valence-electron chi connectivity index (χ2n) is 24.0. The summed E-state index contributed by atoms with van der Waals surface area (Å²) >= 11 is 0. The minimum Gasteiger partial charge on any atom is -0.457 e. The Bertz CT molecular complexity index is 1850. The molecule has 5 nitrogen and oxygen atoms in total. The summed E-state index contributed by atoms with van der Waals surface area (Å²) < 4.78 is 7.08. The van der Waals surface area contributed by atoms with Gasteiger partial charge in [0.15, 0.2) is 11.6 Å². The van der Waals surface area contributed by atoms with Gasteiger partial charge in [-0.25, -0.2) is 19.9 Å². The number of benzene rings is 2. The van der Waals surface area contributed by atoms with Crippen molar-refractivity contribution in [3.05, 3.63) is 83.4 Å². The predicted octanol–water partition coefficient (Wildman–Crippen LogP) is 21.8. The third-order valence-corrected chi connectivity index (χ3v) is 23.7. The average molecular weight is 1030 g/mol. The van der Waals surface area contributed by atoms with Gasteiger partial charge in [-0.2, -0.15) is 0 Å². The van der Waals surface area contributed by atoms with E-state index in [0.29, 0.717) is 0 Å². The number of aromatic nitrogens is 4. The monoisotopic (exact) mass is 1030 g/mol. The minimum atomic E-state index is -0.923. The molecule has 0 atom stereocenters. The molecular formula is C66H110N4OSi2. The molecule has 0 fully saturated rings. The highest BCUT2D eigenvalue weighted by molar-refractivity contribution is 6.77. The van der Waals surface area contributed by atoms with Crippen molar-refractivity contribution >= 4 is 16.1 Å². The van der Waals surface area contributed by atoms with Gasteiger partial charge in [-0.05, 0) is 110 Å². The van der Waals surface area contributed by atoms with Gasteiger partial charge >= 0.3 is 0 Å². The topological polar surface area (TPSA) is 60.8 Å². The van der Waals surface area contributed by atoms with Crippen LogP contribution in [-0.4, -0.2) is 36.1 Å². The molecule has 0 saturated carbocycles. The first-order valence-corrected chi connectivity index (χ1v) is 38.0. The first kappa shape index (κ1) is 62.4. The van der Waals surface area contributed by atoms with Gasteiger partial charge in [0.05, 0.1) is 0 Å². The Kier molecular flexibility index (Phi) is 32.1. The summed E-state index contributed by atoms with van der Waals surface area (Å²) in [7, 11) is -1.85. The fourth-order valence-electron chi connectivity index (χ4n) is 10.3. The van der Waals surface area contributed by atoms with E-state index in [-0.39, 0.29) is 0 Å². The van der Waals surface area contributed by atoms with Crippen LogP contribution in [-0.2, 0) is 25.7 Å². The van der Waals surface area contributed by atoms with Crippen LogP contribution in [0, 0.1) is 0 Å². The maximum atomic E-state index is 7.08. The Morgan fingerprint density at radius 1 is 0.342 bits per heavy atom. The SMILES string of the molecule is CCCCCCCCc1cnc(-c2ccc(Oc3ccc(-c4ncc(CCCCCCCC)cn4)cc3CCCCCCCCCCC[Si](C)(C)CC)c(CCCCCCCCCCC[Si](C)(C)CC)c2)nc1.